The Hall–Kier alpha value is 0.350. The van der Waals surface area contributed by atoms with Crippen molar-refractivity contribution in [1.82, 2.24) is 0 Å². The molecule has 0 aliphatic carbocycles. The Labute approximate surface area is 202 Å². The van der Waals surface area contributed by atoms with Crippen LogP contribution in [0.2, 0.25) is 0 Å². The van der Waals surface area contributed by atoms with Crippen LogP contribution in [0.1, 0.15) is 175 Å². The lowest BCUT2D eigenvalue weighted by Gasteiger charge is -2.07. The molecule has 0 nitrogen and oxygen atoms in total. The zero-order chi connectivity index (χ0) is 22.7. The third kappa shape index (κ3) is 26.5. The summed E-state index contributed by atoms with van der Waals surface area (Å²) in [7, 11) is 0.739. The van der Waals surface area contributed by atoms with Gasteiger partial charge >= 0.3 is 0 Å². The second-order valence-electron chi connectivity index (χ2n) is 10.1. The second-order valence-corrected chi connectivity index (χ2v) is 12.7. The lowest BCUT2D eigenvalue weighted by molar-refractivity contribution is 0.547. The molecule has 0 radical (unpaired) electrons. The van der Waals surface area contributed by atoms with E-state index in [1.165, 1.54) is 171 Å². The Balaban J connectivity index is 3.26. The van der Waals surface area contributed by atoms with Crippen molar-refractivity contribution < 1.29 is 0 Å². The Kier molecular flexibility index (Phi) is 28.7. The van der Waals surface area contributed by atoms with E-state index >= 15 is 0 Å². The maximum Gasteiger partial charge on any atom is 0.108 e. The molecule has 0 aromatic carbocycles. The summed E-state index contributed by atoms with van der Waals surface area (Å²) in [5.74, 6) is 4.51. The Morgan fingerprint density at radius 1 is 0.290 bits per heavy atom. The van der Waals surface area contributed by atoms with Crippen molar-refractivity contribution in [2.75, 3.05) is 17.3 Å². The van der Waals surface area contributed by atoms with E-state index in [1.54, 1.807) is 0 Å². The van der Waals surface area contributed by atoms with Crippen LogP contribution in [0, 0.1) is 0 Å². The summed E-state index contributed by atoms with van der Waals surface area (Å²) in [6.07, 6.45) is 35.4. The van der Waals surface area contributed by atoms with E-state index < -0.39 is 0 Å². The molecule has 0 bridgehead atoms. The van der Waals surface area contributed by atoms with Crippen molar-refractivity contribution in [3.63, 3.8) is 0 Å². The first-order chi connectivity index (χ1) is 15.3. The molecule has 31 heavy (non-hydrogen) atoms. The molecule has 0 aromatic rings. The summed E-state index contributed by atoms with van der Waals surface area (Å²) in [4.78, 5) is 0. The van der Waals surface area contributed by atoms with Gasteiger partial charge in [-0.15, -0.1) is 0 Å². The van der Waals surface area contributed by atoms with Crippen LogP contribution in [0.4, 0.5) is 0 Å². The van der Waals surface area contributed by atoms with Gasteiger partial charge in [-0.3, -0.25) is 0 Å². The van der Waals surface area contributed by atoms with Crippen LogP contribution in [-0.2, 0) is 10.9 Å². The summed E-state index contributed by atoms with van der Waals surface area (Å²) in [5.41, 5.74) is 0. The monoisotopic (exact) mass is 455 g/mol. The molecule has 0 amide bonds. The molecule has 0 aliphatic rings. The molecule has 0 fully saturated rings. The molecule has 0 saturated carbocycles. The minimum Gasteiger partial charge on any atom is -0.0654 e. The van der Waals surface area contributed by atoms with Crippen LogP contribution >= 0.6 is 0 Å². The van der Waals surface area contributed by atoms with Crippen molar-refractivity contribution in [3.05, 3.63) is 0 Å². The third-order valence-corrected chi connectivity index (χ3v) is 9.53. The van der Waals surface area contributed by atoms with Crippen LogP contribution < -0.4 is 0 Å². The first-order valence-corrected chi connectivity index (χ1v) is 16.7. The van der Waals surface area contributed by atoms with Gasteiger partial charge in [-0.25, -0.2) is 0 Å². The van der Waals surface area contributed by atoms with Gasteiger partial charge in [0.1, 0.15) is 17.3 Å². The van der Waals surface area contributed by atoms with Crippen molar-refractivity contribution in [2.45, 2.75) is 175 Å². The Bertz CT molecular complexity index is 273. The summed E-state index contributed by atoms with van der Waals surface area (Å²) >= 11 is 0. The molecule has 0 spiro atoms. The molecule has 1 heteroatoms. The van der Waals surface area contributed by atoms with Gasteiger partial charge in [-0.1, -0.05) is 142 Å². The third-order valence-electron chi connectivity index (χ3n) is 6.98. The topological polar surface area (TPSA) is 0 Å². The molecule has 0 rings (SSSR count). The zero-order valence-corrected chi connectivity index (χ0v) is 23.3. The maximum absolute atomic E-state index is 2.43. The number of hydrogen-bond acceptors (Lipinski definition) is 0. The molecular formula is C30H63S+. The quantitative estimate of drug-likeness (QED) is 0.0853. The predicted octanol–water partition coefficient (Wildman–Crippen LogP) is 11.0. The first kappa shape index (κ1) is 31.4. The van der Waals surface area contributed by atoms with E-state index in [9.17, 15) is 0 Å². The molecule has 0 N–H and O–H groups in total. The fourth-order valence-electron chi connectivity index (χ4n) is 4.69. The Morgan fingerprint density at radius 2 is 0.516 bits per heavy atom. The fraction of sp³-hybridized carbons (Fsp3) is 1.00. The normalized spacial score (nSPS) is 11.6. The average molecular weight is 456 g/mol. The van der Waals surface area contributed by atoms with Gasteiger partial charge in [0.25, 0.3) is 0 Å². The summed E-state index contributed by atoms with van der Waals surface area (Å²) < 4.78 is 0. The minimum absolute atomic E-state index is 0.739. The average Bonchev–Trinajstić information content (AvgIpc) is 2.79. The van der Waals surface area contributed by atoms with Gasteiger partial charge in [0.15, 0.2) is 0 Å². The molecule has 0 saturated heterocycles. The summed E-state index contributed by atoms with van der Waals surface area (Å²) in [6, 6.07) is 0. The van der Waals surface area contributed by atoms with Crippen LogP contribution in [0.5, 0.6) is 0 Å². The SMILES string of the molecule is CCCCCCCCCCCCCC[S+](CC)CCCCCCCCCCCCCC. The highest BCUT2D eigenvalue weighted by atomic mass is 32.2. The fourth-order valence-corrected chi connectivity index (χ4v) is 6.69. The highest BCUT2D eigenvalue weighted by molar-refractivity contribution is 7.96. The smallest absolute Gasteiger partial charge is 0.0654 e. The standard InChI is InChI=1S/C30H63S/c1-4-7-9-11-13-15-17-19-21-23-25-27-29-31(6-3)30-28-26-24-22-20-18-16-14-12-10-8-5-2/h4-30H2,1-3H3/q+1. The van der Waals surface area contributed by atoms with Crippen molar-refractivity contribution in [3.8, 4) is 0 Å². The van der Waals surface area contributed by atoms with Gasteiger partial charge in [0.05, 0.1) is 0 Å². The van der Waals surface area contributed by atoms with E-state index in [0.29, 0.717) is 0 Å². The van der Waals surface area contributed by atoms with E-state index in [-0.39, 0.29) is 0 Å². The second kappa shape index (κ2) is 28.4. The van der Waals surface area contributed by atoms with Gasteiger partial charge < -0.3 is 0 Å². The van der Waals surface area contributed by atoms with Crippen LogP contribution in [-0.4, -0.2) is 17.3 Å². The van der Waals surface area contributed by atoms with Crippen molar-refractivity contribution in [1.29, 1.82) is 0 Å². The molecule has 0 aliphatic heterocycles. The molecule has 0 unspecified atom stereocenters. The molecule has 0 heterocycles. The van der Waals surface area contributed by atoms with Crippen LogP contribution in [0.25, 0.3) is 0 Å². The van der Waals surface area contributed by atoms with E-state index in [2.05, 4.69) is 20.8 Å². The van der Waals surface area contributed by atoms with Crippen LogP contribution in [0.15, 0.2) is 0 Å². The lowest BCUT2D eigenvalue weighted by atomic mass is 10.1. The number of unbranched alkanes of at least 4 members (excludes halogenated alkanes) is 22. The zero-order valence-electron chi connectivity index (χ0n) is 22.5. The van der Waals surface area contributed by atoms with Crippen LogP contribution in [0.3, 0.4) is 0 Å². The van der Waals surface area contributed by atoms with E-state index in [0.717, 1.165) is 10.9 Å². The van der Waals surface area contributed by atoms with Gasteiger partial charge in [-0.05, 0) is 43.5 Å². The van der Waals surface area contributed by atoms with Gasteiger partial charge in [0, 0.05) is 0 Å². The molecule has 188 valence electrons. The molecular weight excluding hydrogens is 392 g/mol. The number of rotatable bonds is 27. The van der Waals surface area contributed by atoms with Crippen molar-refractivity contribution in [2.24, 2.45) is 0 Å². The predicted molar refractivity (Wildman–Crippen MR) is 150 cm³/mol. The lowest BCUT2D eigenvalue weighted by Crippen LogP contribution is -2.14. The summed E-state index contributed by atoms with van der Waals surface area (Å²) in [6.45, 7) is 7.05. The van der Waals surface area contributed by atoms with E-state index in [1.807, 2.05) is 0 Å². The van der Waals surface area contributed by atoms with E-state index in [4.69, 9.17) is 0 Å². The minimum atomic E-state index is 0.739. The first-order valence-electron chi connectivity index (χ1n) is 15.0. The van der Waals surface area contributed by atoms with Gasteiger partial charge in [0.2, 0.25) is 0 Å². The highest BCUT2D eigenvalue weighted by Crippen LogP contribution is 2.15. The van der Waals surface area contributed by atoms with Crippen molar-refractivity contribution >= 4 is 10.9 Å². The molecule has 0 atom stereocenters. The highest BCUT2D eigenvalue weighted by Gasteiger charge is 2.13. The van der Waals surface area contributed by atoms with Gasteiger partial charge in [-0.2, -0.15) is 0 Å². The molecule has 0 aromatic heterocycles. The summed E-state index contributed by atoms with van der Waals surface area (Å²) in [5, 5.41) is 0. The maximum atomic E-state index is 2.43. The Morgan fingerprint density at radius 3 is 0.742 bits per heavy atom. The number of hydrogen-bond donors (Lipinski definition) is 0. The largest absolute Gasteiger partial charge is 0.108 e.